The van der Waals surface area contributed by atoms with Crippen LogP contribution in [-0.2, 0) is 20.8 Å². The average Bonchev–Trinajstić information content (AvgIpc) is 2.63. The maximum absolute atomic E-state index is 12.6. The molecule has 2 heterocycles. The Morgan fingerprint density at radius 2 is 1.58 bits per heavy atom. The molecule has 0 aromatic carbocycles. The fraction of sp³-hybridized carbons (Fsp3) is 0.667. The largest absolute Gasteiger partial charge is 0.443 e. The first kappa shape index (κ1) is 24.5. The van der Waals surface area contributed by atoms with E-state index in [-0.39, 0.29) is 18.4 Å². The number of carbonyl (C=O) groups excluding carboxylic acids is 3. The number of hydrogen-bond acceptors (Lipinski definition) is 9. The number of nitrogens with zero attached hydrogens (tertiary/aromatic N) is 4. The first-order valence-corrected chi connectivity index (χ1v) is 10.3. The number of amides is 2. The van der Waals surface area contributed by atoms with Crippen LogP contribution in [0.4, 0.5) is 15.5 Å². The van der Waals surface area contributed by atoms with E-state index in [0.717, 1.165) is 4.90 Å². The van der Waals surface area contributed by atoms with E-state index in [1.807, 2.05) is 4.90 Å². The zero-order chi connectivity index (χ0) is 23.4. The fourth-order valence-electron chi connectivity index (χ4n) is 2.82. The third kappa shape index (κ3) is 7.78. The Morgan fingerprint density at radius 1 is 1.06 bits per heavy atom. The third-order valence-corrected chi connectivity index (χ3v) is 4.21. The summed E-state index contributed by atoms with van der Waals surface area (Å²) in [6.07, 6.45) is 1.48. The van der Waals surface area contributed by atoms with Crippen molar-refractivity contribution in [1.29, 1.82) is 0 Å². The summed E-state index contributed by atoms with van der Waals surface area (Å²) in [5.74, 6) is 0.546. The number of imide groups is 1. The molecule has 0 aliphatic carbocycles. The van der Waals surface area contributed by atoms with Crippen LogP contribution in [0.15, 0.2) is 12.4 Å². The molecule has 1 aliphatic heterocycles. The average molecular weight is 436 g/mol. The lowest BCUT2D eigenvalue weighted by Gasteiger charge is -2.32. The second-order valence-corrected chi connectivity index (χ2v) is 9.50. The van der Waals surface area contributed by atoms with Crippen LogP contribution < -0.4 is 10.2 Å². The normalized spacial score (nSPS) is 17.1. The number of ether oxygens (including phenoxy) is 2. The van der Waals surface area contributed by atoms with Gasteiger partial charge in [0.2, 0.25) is 5.95 Å². The van der Waals surface area contributed by atoms with Gasteiger partial charge in [-0.2, -0.15) is 0 Å². The van der Waals surface area contributed by atoms with Crippen molar-refractivity contribution in [2.75, 3.05) is 24.5 Å². The topological polar surface area (TPSA) is 114 Å². The molecule has 2 amide bonds. The number of piperazine rings is 1. The zero-order valence-corrected chi connectivity index (χ0v) is 19.4. The van der Waals surface area contributed by atoms with Crippen LogP contribution >= 0.6 is 0 Å². The number of rotatable bonds is 4. The van der Waals surface area contributed by atoms with Crippen LogP contribution in [0.1, 0.15) is 54.0 Å². The van der Waals surface area contributed by atoms with Crippen molar-refractivity contribution in [3.8, 4) is 0 Å². The van der Waals surface area contributed by atoms with Crippen LogP contribution in [0.25, 0.3) is 0 Å². The van der Waals surface area contributed by atoms with Crippen LogP contribution in [0.3, 0.4) is 0 Å². The van der Waals surface area contributed by atoms with E-state index < -0.39 is 23.4 Å². The van der Waals surface area contributed by atoms with Gasteiger partial charge in [0.1, 0.15) is 17.0 Å². The molecular formula is C21H33N5O5. The molecule has 31 heavy (non-hydrogen) atoms. The molecule has 1 N–H and O–H groups in total. The van der Waals surface area contributed by atoms with Crippen LogP contribution in [0.2, 0.25) is 0 Å². The van der Waals surface area contributed by atoms with E-state index in [0.29, 0.717) is 31.1 Å². The van der Waals surface area contributed by atoms with Crippen molar-refractivity contribution in [2.24, 2.45) is 0 Å². The molecule has 10 heteroatoms. The van der Waals surface area contributed by atoms with Gasteiger partial charge in [0.25, 0.3) is 0 Å². The summed E-state index contributed by atoms with van der Waals surface area (Å²) in [6, 6.07) is -0.258. The molecule has 1 unspecified atom stereocenters. The van der Waals surface area contributed by atoms with Gasteiger partial charge >= 0.3 is 12.2 Å². The fourth-order valence-corrected chi connectivity index (χ4v) is 2.82. The van der Waals surface area contributed by atoms with Gasteiger partial charge in [-0.3, -0.25) is 4.79 Å². The van der Waals surface area contributed by atoms with Gasteiger partial charge in [-0.1, -0.05) is 0 Å². The van der Waals surface area contributed by atoms with Crippen LogP contribution in [0.5, 0.6) is 0 Å². The number of anilines is 1. The third-order valence-electron chi connectivity index (χ3n) is 4.21. The van der Waals surface area contributed by atoms with Gasteiger partial charge in [0.05, 0.1) is 12.6 Å². The summed E-state index contributed by atoms with van der Waals surface area (Å²) in [6.45, 7) is 13.6. The van der Waals surface area contributed by atoms with E-state index in [1.54, 1.807) is 60.9 Å². The van der Waals surface area contributed by atoms with E-state index in [9.17, 15) is 14.4 Å². The Bertz CT molecular complexity index is 770. The summed E-state index contributed by atoms with van der Waals surface area (Å²) in [4.78, 5) is 48.4. The van der Waals surface area contributed by atoms with Gasteiger partial charge in [0, 0.05) is 37.6 Å². The molecule has 1 atom stereocenters. The first-order chi connectivity index (χ1) is 14.2. The standard InChI is InChI=1S/C21H33N5O5/c1-14(27)16-13-25(9-8-22-16)17-23-10-15(11-24-17)12-26(18(28)30-20(2,3)4)19(29)31-21(5,6)7/h10-11,16,22H,8-9,12-13H2,1-7H3. The summed E-state index contributed by atoms with van der Waals surface area (Å²) >= 11 is 0. The molecule has 1 fully saturated rings. The molecular weight excluding hydrogens is 402 g/mol. The van der Waals surface area contributed by atoms with Crippen molar-refractivity contribution in [3.63, 3.8) is 0 Å². The number of Topliss-reactive ketones (excluding diaryl/α,β-unsaturated/α-hetero) is 1. The monoisotopic (exact) mass is 435 g/mol. The van der Waals surface area contributed by atoms with Crippen molar-refractivity contribution in [3.05, 3.63) is 18.0 Å². The Labute approximate surface area is 183 Å². The predicted octanol–water partition coefficient (Wildman–Crippen LogP) is 2.52. The number of hydrogen-bond donors (Lipinski definition) is 1. The summed E-state index contributed by atoms with van der Waals surface area (Å²) in [7, 11) is 0. The SMILES string of the molecule is CC(=O)C1CN(c2ncc(CN(C(=O)OC(C)(C)C)C(=O)OC(C)(C)C)cn2)CCN1. The van der Waals surface area contributed by atoms with Crippen LogP contribution in [-0.4, -0.2) is 69.7 Å². The Hall–Kier alpha value is -2.75. The molecule has 0 bridgehead atoms. The highest BCUT2D eigenvalue weighted by molar-refractivity contribution is 5.88. The highest BCUT2D eigenvalue weighted by Crippen LogP contribution is 2.17. The smallest absolute Gasteiger partial charge is 0.420 e. The molecule has 2 rings (SSSR count). The maximum atomic E-state index is 12.6. The Morgan fingerprint density at radius 3 is 2.03 bits per heavy atom. The molecule has 10 nitrogen and oxygen atoms in total. The minimum Gasteiger partial charge on any atom is -0.443 e. The van der Waals surface area contributed by atoms with Crippen molar-refractivity contribution >= 4 is 23.9 Å². The second kappa shape index (κ2) is 9.59. The maximum Gasteiger partial charge on any atom is 0.420 e. The van der Waals surface area contributed by atoms with E-state index >= 15 is 0 Å². The lowest BCUT2D eigenvalue weighted by Crippen LogP contribution is -2.54. The van der Waals surface area contributed by atoms with Gasteiger partial charge in [-0.05, 0) is 48.5 Å². The molecule has 1 aromatic rings. The molecule has 1 aromatic heterocycles. The summed E-state index contributed by atoms with van der Waals surface area (Å²) < 4.78 is 10.7. The highest BCUT2D eigenvalue weighted by Gasteiger charge is 2.31. The lowest BCUT2D eigenvalue weighted by molar-refractivity contribution is -0.119. The van der Waals surface area contributed by atoms with Crippen LogP contribution in [0, 0.1) is 0 Å². The second-order valence-electron chi connectivity index (χ2n) is 9.50. The minimum absolute atomic E-state index is 0.0617. The van der Waals surface area contributed by atoms with Gasteiger partial charge < -0.3 is 19.7 Å². The summed E-state index contributed by atoms with van der Waals surface area (Å²) in [5.41, 5.74) is -1.00. The number of aromatic nitrogens is 2. The Kier molecular flexibility index (Phi) is 7.58. The van der Waals surface area contributed by atoms with Crippen molar-refractivity contribution in [2.45, 2.75) is 72.3 Å². The van der Waals surface area contributed by atoms with E-state index in [2.05, 4.69) is 15.3 Å². The molecule has 0 saturated carbocycles. The Balaban J connectivity index is 2.15. The quantitative estimate of drug-likeness (QED) is 0.762. The van der Waals surface area contributed by atoms with E-state index in [4.69, 9.17) is 9.47 Å². The lowest BCUT2D eigenvalue weighted by atomic mass is 10.1. The molecule has 172 valence electrons. The number of nitrogens with one attached hydrogen (secondary N) is 1. The van der Waals surface area contributed by atoms with Crippen molar-refractivity contribution < 1.29 is 23.9 Å². The molecule has 1 aliphatic rings. The van der Waals surface area contributed by atoms with Gasteiger partial charge in [0.15, 0.2) is 0 Å². The molecule has 0 radical (unpaired) electrons. The molecule has 1 saturated heterocycles. The minimum atomic E-state index is -0.808. The first-order valence-electron chi connectivity index (χ1n) is 10.3. The number of carbonyl (C=O) groups is 3. The molecule has 0 spiro atoms. The van der Waals surface area contributed by atoms with Gasteiger partial charge in [-0.25, -0.2) is 24.5 Å². The highest BCUT2D eigenvalue weighted by atomic mass is 16.6. The number of ketones is 1. The predicted molar refractivity (Wildman–Crippen MR) is 115 cm³/mol. The van der Waals surface area contributed by atoms with Crippen molar-refractivity contribution in [1.82, 2.24) is 20.2 Å². The summed E-state index contributed by atoms with van der Waals surface area (Å²) in [5, 5.41) is 3.16. The van der Waals surface area contributed by atoms with Gasteiger partial charge in [-0.15, -0.1) is 0 Å². The van der Waals surface area contributed by atoms with E-state index in [1.165, 1.54) is 0 Å². The zero-order valence-electron chi connectivity index (χ0n) is 19.4.